The van der Waals surface area contributed by atoms with Crippen LogP contribution in [0.5, 0.6) is 5.75 Å². The lowest BCUT2D eigenvalue weighted by Crippen LogP contribution is -2.06. The third-order valence-corrected chi connectivity index (χ3v) is 3.18. The lowest BCUT2D eigenvalue weighted by atomic mass is 10.0. The molecule has 1 aromatic heterocycles. The van der Waals surface area contributed by atoms with Gasteiger partial charge < -0.3 is 15.0 Å². The second-order valence-electron chi connectivity index (χ2n) is 4.85. The molecule has 19 heavy (non-hydrogen) atoms. The van der Waals surface area contributed by atoms with Crippen molar-refractivity contribution < 1.29 is 4.74 Å². The molecule has 0 aliphatic carbocycles. The van der Waals surface area contributed by atoms with Crippen LogP contribution in [0.3, 0.4) is 0 Å². The summed E-state index contributed by atoms with van der Waals surface area (Å²) in [5, 5.41) is 3.10. The van der Waals surface area contributed by atoms with Crippen molar-refractivity contribution in [3.8, 4) is 17.0 Å². The third-order valence-electron chi connectivity index (χ3n) is 3.18. The van der Waals surface area contributed by atoms with Crippen LogP contribution in [0.25, 0.3) is 11.3 Å². The minimum atomic E-state index is 0.730. The van der Waals surface area contributed by atoms with Crippen molar-refractivity contribution in [2.45, 2.75) is 27.3 Å². The number of imidazole rings is 1. The predicted molar refractivity (Wildman–Crippen MR) is 77.6 cm³/mol. The molecule has 0 aliphatic heterocycles. The van der Waals surface area contributed by atoms with Gasteiger partial charge in [-0.15, -0.1) is 0 Å². The third kappa shape index (κ3) is 2.63. The number of aromatic amines is 1. The molecular formula is C15H21N3O. The summed E-state index contributed by atoms with van der Waals surface area (Å²) < 4.78 is 5.52. The van der Waals surface area contributed by atoms with Gasteiger partial charge in [0.15, 0.2) is 0 Å². The first kappa shape index (κ1) is 13.6. The molecule has 1 heterocycles. The van der Waals surface area contributed by atoms with E-state index in [9.17, 15) is 0 Å². The van der Waals surface area contributed by atoms with Gasteiger partial charge in [-0.1, -0.05) is 6.07 Å². The molecule has 0 fully saturated rings. The minimum Gasteiger partial charge on any atom is -0.496 e. The van der Waals surface area contributed by atoms with Crippen LogP contribution in [0, 0.1) is 20.8 Å². The number of nitrogens with zero attached hydrogens (tertiary/aromatic N) is 1. The van der Waals surface area contributed by atoms with E-state index < -0.39 is 0 Å². The van der Waals surface area contributed by atoms with Gasteiger partial charge in [-0.25, -0.2) is 4.98 Å². The Balaban J connectivity index is 2.58. The van der Waals surface area contributed by atoms with Crippen LogP contribution < -0.4 is 10.1 Å². The van der Waals surface area contributed by atoms with Crippen molar-refractivity contribution in [1.29, 1.82) is 0 Å². The highest BCUT2D eigenvalue weighted by Gasteiger charge is 2.16. The van der Waals surface area contributed by atoms with Crippen LogP contribution >= 0.6 is 0 Å². The number of nitrogens with one attached hydrogen (secondary N) is 2. The zero-order chi connectivity index (χ0) is 14.0. The van der Waals surface area contributed by atoms with E-state index in [0.717, 1.165) is 35.1 Å². The van der Waals surface area contributed by atoms with E-state index in [0.29, 0.717) is 0 Å². The Morgan fingerprint density at radius 1 is 1.26 bits per heavy atom. The van der Waals surface area contributed by atoms with E-state index in [1.807, 2.05) is 20.0 Å². The average Bonchev–Trinajstić information content (AvgIpc) is 2.69. The zero-order valence-corrected chi connectivity index (χ0v) is 12.2. The Labute approximate surface area is 114 Å². The van der Waals surface area contributed by atoms with Gasteiger partial charge in [0.2, 0.25) is 0 Å². The maximum absolute atomic E-state index is 5.52. The number of aryl methyl sites for hydroxylation is 3. The Hall–Kier alpha value is -1.81. The molecule has 4 heteroatoms. The van der Waals surface area contributed by atoms with Gasteiger partial charge in [0.1, 0.15) is 11.6 Å². The molecule has 0 amide bonds. The molecule has 0 saturated carbocycles. The first-order valence-corrected chi connectivity index (χ1v) is 6.42. The maximum Gasteiger partial charge on any atom is 0.128 e. The highest BCUT2D eigenvalue weighted by Crippen LogP contribution is 2.34. The summed E-state index contributed by atoms with van der Waals surface area (Å²) in [5.41, 5.74) is 5.49. The quantitative estimate of drug-likeness (QED) is 0.887. The second-order valence-corrected chi connectivity index (χ2v) is 4.85. The number of benzene rings is 1. The first-order valence-electron chi connectivity index (χ1n) is 6.42. The van der Waals surface area contributed by atoms with Crippen molar-refractivity contribution >= 4 is 0 Å². The Kier molecular flexibility index (Phi) is 3.90. The van der Waals surface area contributed by atoms with Gasteiger partial charge in [-0.2, -0.15) is 0 Å². The fourth-order valence-electron chi connectivity index (χ4n) is 2.41. The molecule has 2 rings (SSSR count). The van der Waals surface area contributed by atoms with E-state index in [-0.39, 0.29) is 0 Å². The number of hydrogen-bond donors (Lipinski definition) is 2. The molecule has 2 aromatic rings. The lowest BCUT2D eigenvalue weighted by Gasteiger charge is -2.12. The summed E-state index contributed by atoms with van der Waals surface area (Å²) in [6, 6.07) is 4.21. The smallest absolute Gasteiger partial charge is 0.128 e. The van der Waals surface area contributed by atoms with Crippen LogP contribution in [0.2, 0.25) is 0 Å². The van der Waals surface area contributed by atoms with Gasteiger partial charge >= 0.3 is 0 Å². The van der Waals surface area contributed by atoms with Crippen LogP contribution in [0.1, 0.15) is 22.6 Å². The van der Waals surface area contributed by atoms with Crippen molar-refractivity contribution in [2.75, 3.05) is 14.2 Å². The fraction of sp³-hybridized carbons (Fsp3) is 0.400. The second kappa shape index (κ2) is 5.45. The number of rotatable bonds is 4. The number of H-pyrrole nitrogens is 1. The largest absolute Gasteiger partial charge is 0.496 e. The van der Waals surface area contributed by atoms with E-state index in [2.05, 4.69) is 35.2 Å². The van der Waals surface area contributed by atoms with Gasteiger partial charge in [-0.05, 0) is 45.0 Å². The fourth-order valence-corrected chi connectivity index (χ4v) is 2.41. The number of methoxy groups -OCH3 is 1. The van der Waals surface area contributed by atoms with Crippen molar-refractivity contribution in [3.05, 3.63) is 34.8 Å². The van der Waals surface area contributed by atoms with Gasteiger partial charge in [-0.3, -0.25) is 0 Å². The number of ether oxygens (including phenoxy) is 1. The first-order chi connectivity index (χ1) is 9.06. The Morgan fingerprint density at radius 3 is 2.63 bits per heavy atom. The SMILES string of the molecule is CNCc1nc(-c2c(C)cc(C)cc2OC)c(C)[nH]1. The number of aromatic nitrogens is 2. The highest BCUT2D eigenvalue weighted by molar-refractivity contribution is 5.73. The molecule has 0 atom stereocenters. The molecule has 0 saturated heterocycles. The van der Waals surface area contributed by atoms with Gasteiger partial charge in [0.25, 0.3) is 0 Å². The standard InChI is InChI=1S/C15H21N3O/c1-9-6-10(2)14(12(7-9)19-5)15-11(3)17-13(18-15)8-16-4/h6-7,16H,8H2,1-5H3,(H,17,18). The topological polar surface area (TPSA) is 49.9 Å². The summed E-state index contributed by atoms with van der Waals surface area (Å²) >= 11 is 0. The van der Waals surface area contributed by atoms with Crippen molar-refractivity contribution in [1.82, 2.24) is 15.3 Å². The van der Waals surface area contributed by atoms with Crippen LogP contribution in [-0.2, 0) is 6.54 Å². The maximum atomic E-state index is 5.52. The highest BCUT2D eigenvalue weighted by atomic mass is 16.5. The molecule has 0 bridgehead atoms. The molecule has 0 spiro atoms. The molecule has 4 nitrogen and oxygen atoms in total. The predicted octanol–water partition coefficient (Wildman–Crippen LogP) is 2.73. The molecular weight excluding hydrogens is 238 g/mol. The zero-order valence-electron chi connectivity index (χ0n) is 12.2. The lowest BCUT2D eigenvalue weighted by molar-refractivity contribution is 0.415. The summed E-state index contributed by atoms with van der Waals surface area (Å²) in [4.78, 5) is 7.98. The molecule has 0 unspecified atom stereocenters. The van der Waals surface area contributed by atoms with Crippen LogP contribution in [-0.4, -0.2) is 24.1 Å². The van der Waals surface area contributed by atoms with E-state index >= 15 is 0 Å². The monoisotopic (exact) mass is 259 g/mol. The summed E-state index contributed by atoms with van der Waals surface area (Å²) in [6.07, 6.45) is 0. The van der Waals surface area contributed by atoms with Crippen LogP contribution in [0.4, 0.5) is 0 Å². The summed E-state index contributed by atoms with van der Waals surface area (Å²) in [6.45, 7) is 6.94. The van der Waals surface area contributed by atoms with Crippen molar-refractivity contribution in [3.63, 3.8) is 0 Å². The number of hydrogen-bond acceptors (Lipinski definition) is 3. The molecule has 1 aromatic carbocycles. The van der Waals surface area contributed by atoms with E-state index in [4.69, 9.17) is 4.74 Å². The normalized spacial score (nSPS) is 10.8. The van der Waals surface area contributed by atoms with Crippen molar-refractivity contribution in [2.24, 2.45) is 0 Å². The van der Waals surface area contributed by atoms with Crippen LogP contribution in [0.15, 0.2) is 12.1 Å². The summed E-state index contributed by atoms with van der Waals surface area (Å²) in [5.74, 6) is 1.82. The van der Waals surface area contributed by atoms with Gasteiger partial charge in [0.05, 0.1) is 19.3 Å². The van der Waals surface area contributed by atoms with E-state index in [1.54, 1.807) is 7.11 Å². The Bertz CT molecular complexity index is 587. The summed E-state index contributed by atoms with van der Waals surface area (Å²) in [7, 11) is 3.61. The minimum absolute atomic E-state index is 0.730. The molecule has 0 aliphatic rings. The molecule has 102 valence electrons. The molecule has 0 radical (unpaired) electrons. The Morgan fingerprint density at radius 2 is 2.00 bits per heavy atom. The average molecular weight is 259 g/mol. The van der Waals surface area contributed by atoms with E-state index in [1.165, 1.54) is 11.1 Å². The molecule has 2 N–H and O–H groups in total. The van der Waals surface area contributed by atoms with Gasteiger partial charge in [0, 0.05) is 11.3 Å².